The van der Waals surface area contributed by atoms with Crippen LogP contribution in [0.25, 0.3) is 0 Å². The zero-order chi connectivity index (χ0) is 14.1. The van der Waals surface area contributed by atoms with Gasteiger partial charge in [-0.3, -0.25) is 4.79 Å². The van der Waals surface area contributed by atoms with Gasteiger partial charge in [-0.05, 0) is 36.2 Å². The van der Waals surface area contributed by atoms with Crippen molar-refractivity contribution in [1.29, 1.82) is 0 Å². The highest BCUT2D eigenvalue weighted by molar-refractivity contribution is 5.77. The molecule has 0 saturated heterocycles. The molecule has 2 aromatic rings. The number of carbonyl (C=O) groups excluding carboxylic acids is 1. The van der Waals surface area contributed by atoms with Crippen LogP contribution in [0.15, 0.2) is 42.5 Å². The van der Waals surface area contributed by atoms with E-state index in [0.717, 1.165) is 22.4 Å². The summed E-state index contributed by atoms with van der Waals surface area (Å²) in [4.78, 5) is 11.8. The molecule has 1 atom stereocenters. The van der Waals surface area contributed by atoms with Crippen molar-refractivity contribution in [3.8, 4) is 11.5 Å². The van der Waals surface area contributed by atoms with E-state index in [9.17, 15) is 4.79 Å². The van der Waals surface area contributed by atoms with E-state index >= 15 is 0 Å². The summed E-state index contributed by atoms with van der Waals surface area (Å²) < 4.78 is 10.5. The monoisotopic (exact) mass is 268 g/mol. The average Bonchev–Trinajstić information content (AvgIpc) is 2.46. The third-order valence-electron chi connectivity index (χ3n) is 3.66. The van der Waals surface area contributed by atoms with Crippen molar-refractivity contribution in [2.24, 2.45) is 0 Å². The second-order valence-corrected chi connectivity index (χ2v) is 5.05. The lowest BCUT2D eigenvalue weighted by molar-refractivity contribution is -0.135. The Labute approximate surface area is 118 Å². The molecule has 1 heterocycles. The number of carbonyl (C=O) groups is 1. The van der Waals surface area contributed by atoms with Crippen LogP contribution in [0.5, 0.6) is 11.5 Å². The highest BCUT2D eigenvalue weighted by Gasteiger charge is 2.28. The zero-order valence-electron chi connectivity index (χ0n) is 11.6. The van der Waals surface area contributed by atoms with Crippen LogP contribution in [-0.2, 0) is 4.79 Å². The average molecular weight is 268 g/mol. The molecule has 0 spiro atoms. The summed E-state index contributed by atoms with van der Waals surface area (Å²) in [6, 6.07) is 13.9. The molecule has 0 unspecified atom stereocenters. The lowest BCUT2D eigenvalue weighted by Crippen LogP contribution is -2.21. The number of ether oxygens (including phenoxy) is 2. The molecule has 1 aliphatic rings. The Morgan fingerprint density at radius 1 is 1.15 bits per heavy atom. The predicted molar refractivity (Wildman–Crippen MR) is 76.3 cm³/mol. The van der Waals surface area contributed by atoms with E-state index in [1.165, 1.54) is 0 Å². The van der Waals surface area contributed by atoms with E-state index < -0.39 is 0 Å². The largest absolute Gasteiger partial charge is 0.497 e. The molecule has 2 aromatic carbocycles. The highest BCUT2D eigenvalue weighted by Crippen LogP contribution is 2.39. The maximum Gasteiger partial charge on any atom is 0.312 e. The zero-order valence-corrected chi connectivity index (χ0v) is 11.6. The summed E-state index contributed by atoms with van der Waals surface area (Å²) in [5.74, 6) is 1.38. The molecule has 0 bridgehead atoms. The predicted octanol–water partition coefficient (Wildman–Crippen LogP) is 3.44. The summed E-state index contributed by atoms with van der Waals surface area (Å²) in [6.45, 7) is 1.99. The molecular formula is C17H16O3. The van der Waals surface area contributed by atoms with Gasteiger partial charge < -0.3 is 9.47 Å². The number of esters is 1. The van der Waals surface area contributed by atoms with E-state index in [4.69, 9.17) is 9.47 Å². The minimum absolute atomic E-state index is 0.0535. The molecule has 0 N–H and O–H groups in total. The fraction of sp³-hybridized carbons (Fsp3) is 0.235. The molecule has 3 nitrogen and oxygen atoms in total. The van der Waals surface area contributed by atoms with Gasteiger partial charge in [0.2, 0.25) is 0 Å². The van der Waals surface area contributed by atoms with Crippen molar-refractivity contribution in [2.75, 3.05) is 7.11 Å². The summed E-state index contributed by atoms with van der Waals surface area (Å²) in [6.07, 6.45) is 0.377. The Morgan fingerprint density at radius 3 is 2.60 bits per heavy atom. The topological polar surface area (TPSA) is 35.5 Å². The Kier molecular flexibility index (Phi) is 3.18. The molecule has 0 aliphatic carbocycles. The summed E-state index contributed by atoms with van der Waals surface area (Å²) in [7, 11) is 1.64. The molecule has 0 amide bonds. The molecule has 0 aromatic heterocycles. The van der Waals surface area contributed by atoms with Crippen molar-refractivity contribution < 1.29 is 14.3 Å². The van der Waals surface area contributed by atoms with Crippen LogP contribution >= 0.6 is 0 Å². The second-order valence-electron chi connectivity index (χ2n) is 5.05. The lowest BCUT2D eigenvalue weighted by atomic mass is 9.86. The molecule has 3 heteroatoms. The first kappa shape index (κ1) is 12.7. The van der Waals surface area contributed by atoms with E-state index in [0.29, 0.717) is 12.2 Å². The Balaban J connectivity index is 2.03. The first-order valence-corrected chi connectivity index (χ1v) is 6.62. The smallest absolute Gasteiger partial charge is 0.312 e. The molecule has 1 aliphatic heterocycles. The first-order valence-electron chi connectivity index (χ1n) is 6.62. The lowest BCUT2D eigenvalue weighted by Gasteiger charge is -2.25. The van der Waals surface area contributed by atoms with Gasteiger partial charge in [0, 0.05) is 11.5 Å². The van der Waals surface area contributed by atoms with Crippen LogP contribution in [-0.4, -0.2) is 13.1 Å². The van der Waals surface area contributed by atoms with Gasteiger partial charge in [0.15, 0.2) is 0 Å². The quantitative estimate of drug-likeness (QED) is 0.618. The molecular weight excluding hydrogens is 252 g/mol. The van der Waals surface area contributed by atoms with Crippen molar-refractivity contribution in [3.63, 3.8) is 0 Å². The van der Waals surface area contributed by atoms with Crippen molar-refractivity contribution in [2.45, 2.75) is 19.3 Å². The third-order valence-corrected chi connectivity index (χ3v) is 3.66. The SMILES string of the molecule is COc1ccc([C@H]2CC(=O)Oc3cc(C)ccc32)cc1. The normalized spacial score (nSPS) is 17.3. The van der Waals surface area contributed by atoms with Crippen LogP contribution in [0, 0.1) is 6.92 Å². The van der Waals surface area contributed by atoms with E-state index in [1.54, 1.807) is 7.11 Å². The number of fused-ring (bicyclic) bond motifs is 1. The number of hydrogen-bond acceptors (Lipinski definition) is 3. The van der Waals surface area contributed by atoms with Gasteiger partial charge in [0.05, 0.1) is 13.5 Å². The Morgan fingerprint density at radius 2 is 1.90 bits per heavy atom. The van der Waals surface area contributed by atoms with E-state index in [2.05, 4.69) is 6.07 Å². The maximum absolute atomic E-state index is 11.8. The third kappa shape index (κ3) is 2.27. The van der Waals surface area contributed by atoms with Crippen molar-refractivity contribution in [1.82, 2.24) is 0 Å². The van der Waals surface area contributed by atoms with Gasteiger partial charge in [0.1, 0.15) is 11.5 Å². The van der Waals surface area contributed by atoms with Gasteiger partial charge in [-0.15, -0.1) is 0 Å². The molecule has 0 radical (unpaired) electrons. The number of hydrogen-bond donors (Lipinski definition) is 0. The van der Waals surface area contributed by atoms with Gasteiger partial charge in [-0.1, -0.05) is 24.3 Å². The minimum atomic E-state index is -0.177. The number of rotatable bonds is 2. The fourth-order valence-corrected chi connectivity index (χ4v) is 2.59. The van der Waals surface area contributed by atoms with Gasteiger partial charge in [0.25, 0.3) is 0 Å². The molecule has 0 saturated carbocycles. The molecule has 20 heavy (non-hydrogen) atoms. The number of aryl methyl sites for hydroxylation is 1. The second kappa shape index (κ2) is 5.00. The van der Waals surface area contributed by atoms with Gasteiger partial charge in [-0.25, -0.2) is 0 Å². The maximum atomic E-state index is 11.8. The minimum Gasteiger partial charge on any atom is -0.497 e. The van der Waals surface area contributed by atoms with Crippen molar-refractivity contribution in [3.05, 3.63) is 59.2 Å². The first-order chi connectivity index (χ1) is 9.67. The Hall–Kier alpha value is -2.29. The Bertz CT molecular complexity index is 644. The van der Waals surface area contributed by atoms with Crippen LogP contribution in [0.1, 0.15) is 29.0 Å². The van der Waals surface area contributed by atoms with Crippen LogP contribution in [0.2, 0.25) is 0 Å². The van der Waals surface area contributed by atoms with E-state index in [-0.39, 0.29) is 11.9 Å². The van der Waals surface area contributed by atoms with Crippen LogP contribution in [0.3, 0.4) is 0 Å². The number of methoxy groups -OCH3 is 1. The highest BCUT2D eigenvalue weighted by atomic mass is 16.5. The van der Waals surface area contributed by atoms with Gasteiger partial charge >= 0.3 is 5.97 Å². The number of benzene rings is 2. The summed E-state index contributed by atoms with van der Waals surface area (Å²) in [5.41, 5.74) is 3.26. The van der Waals surface area contributed by atoms with Crippen LogP contribution in [0.4, 0.5) is 0 Å². The molecule has 102 valence electrons. The van der Waals surface area contributed by atoms with Gasteiger partial charge in [-0.2, -0.15) is 0 Å². The molecule has 0 fully saturated rings. The van der Waals surface area contributed by atoms with Crippen molar-refractivity contribution >= 4 is 5.97 Å². The summed E-state index contributed by atoms with van der Waals surface area (Å²) >= 11 is 0. The van der Waals surface area contributed by atoms with E-state index in [1.807, 2.05) is 43.3 Å². The van der Waals surface area contributed by atoms with Crippen LogP contribution < -0.4 is 9.47 Å². The summed E-state index contributed by atoms with van der Waals surface area (Å²) in [5, 5.41) is 0. The molecule has 3 rings (SSSR count). The standard InChI is InChI=1S/C17H16O3/c1-11-3-8-14-15(10-17(18)20-16(14)9-11)12-4-6-13(19-2)7-5-12/h3-9,15H,10H2,1-2H3/t15-/m1/s1. The fourth-order valence-electron chi connectivity index (χ4n) is 2.59.